The summed E-state index contributed by atoms with van der Waals surface area (Å²) >= 11 is 0. The second kappa shape index (κ2) is 8.80. The van der Waals surface area contributed by atoms with Crippen molar-refractivity contribution < 1.29 is 14.5 Å². The van der Waals surface area contributed by atoms with Crippen LogP contribution >= 0.6 is 0 Å². The molecule has 0 saturated heterocycles. The number of para-hydroxylation sites is 2. The molecule has 4 nitrogen and oxygen atoms in total. The van der Waals surface area contributed by atoms with Crippen LogP contribution in [0.1, 0.15) is 0 Å². The lowest BCUT2D eigenvalue weighted by atomic mass is 9.80. The Hall–Kier alpha value is -4.32. The maximum Gasteiger partial charge on any atom is 0.488 e. The number of benzene rings is 5. The molecule has 5 heteroatoms. The Kier molecular flexibility index (Phi) is 5.34. The quantitative estimate of drug-likeness (QED) is 0.295. The SMILES string of the molecule is OB(O)c1ccc(N(c2ccc3oc4ccccc4c3c2)c2ccccc2-c2ccccc2)cc1. The van der Waals surface area contributed by atoms with Crippen LogP contribution in [-0.2, 0) is 0 Å². The minimum absolute atomic E-state index is 0.446. The van der Waals surface area contributed by atoms with Crippen molar-refractivity contribution in [3.63, 3.8) is 0 Å². The summed E-state index contributed by atoms with van der Waals surface area (Å²) in [5.74, 6) is 0. The lowest BCUT2D eigenvalue weighted by molar-refractivity contribution is 0.426. The highest BCUT2D eigenvalue weighted by Gasteiger charge is 2.19. The molecule has 35 heavy (non-hydrogen) atoms. The Morgan fingerprint density at radius 2 is 1.23 bits per heavy atom. The van der Waals surface area contributed by atoms with E-state index >= 15 is 0 Å². The second-order valence-electron chi connectivity index (χ2n) is 8.46. The van der Waals surface area contributed by atoms with Gasteiger partial charge in [0.25, 0.3) is 0 Å². The van der Waals surface area contributed by atoms with E-state index in [0.717, 1.165) is 50.1 Å². The predicted octanol–water partition coefficient (Wildman–Crippen LogP) is 6.40. The van der Waals surface area contributed by atoms with Crippen molar-refractivity contribution in [2.24, 2.45) is 0 Å². The highest BCUT2D eigenvalue weighted by molar-refractivity contribution is 6.58. The molecule has 1 heterocycles. The molecular formula is C30H22BNO3. The van der Waals surface area contributed by atoms with Gasteiger partial charge in [-0.2, -0.15) is 0 Å². The summed E-state index contributed by atoms with van der Waals surface area (Å²) in [5.41, 5.74) is 7.25. The van der Waals surface area contributed by atoms with E-state index in [1.807, 2.05) is 66.7 Å². The molecule has 5 aromatic carbocycles. The zero-order valence-electron chi connectivity index (χ0n) is 18.9. The Labute approximate surface area is 203 Å². The molecular weight excluding hydrogens is 433 g/mol. The summed E-state index contributed by atoms with van der Waals surface area (Å²) < 4.78 is 6.06. The first kappa shape index (κ1) is 21.2. The van der Waals surface area contributed by atoms with E-state index < -0.39 is 7.12 Å². The smallest absolute Gasteiger partial charge is 0.456 e. The van der Waals surface area contributed by atoms with Crippen molar-refractivity contribution in [3.8, 4) is 11.1 Å². The van der Waals surface area contributed by atoms with Crippen LogP contribution in [0.2, 0.25) is 0 Å². The van der Waals surface area contributed by atoms with Gasteiger partial charge in [-0.15, -0.1) is 0 Å². The molecule has 0 spiro atoms. The van der Waals surface area contributed by atoms with Crippen molar-refractivity contribution in [3.05, 3.63) is 121 Å². The van der Waals surface area contributed by atoms with E-state index in [1.165, 1.54) is 0 Å². The molecule has 2 N–H and O–H groups in total. The van der Waals surface area contributed by atoms with Crippen molar-refractivity contribution in [2.45, 2.75) is 0 Å². The Bertz CT molecular complexity index is 1630. The fourth-order valence-electron chi connectivity index (χ4n) is 4.61. The monoisotopic (exact) mass is 455 g/mol. The largest absolute Gasteiger partial charge is 0.488 e. The third-order valence-corrected chi connectivity index (χ3v) is 6.30. The number of anilines is 3. The molecule has 0 saturated carbocycles. The van der Waals surface area contributed by atoms with Gasteiger partial charge in [-0.1, -0.05) is 78.9 Å². The van der Waals surface area contributed by atoms with Gasteiger partial charge in [-0.05, 0) is 53.5 Å². The molecule has 6 rings (SSSR count). The molecule has 0 aliphatic carbocycles. The van der Waals surface area contributed by atoms with E-state index in [-0.39, 0.29) is 0 Å². The summed E-state index contributed by atoms with van der Waals surface area (Å²) in [4.78, 5) is 2.19. The van der Waals surface area contributed by atoms with Crippen LogP contribution in [0.25, 0.3) is 33.1 Å². The van der Waals surface area contributed by atoms with Crippen LogP contribution in [-0.4, -0.2) is 17.2 Å². The van der Waals surface area contributed by atoms with E-state index in [1.54, 1.807) is 12.1 Å². The summed E-state index contributed by atoms with van der Waals surface area (Å²) in [6, 6.07) is 40.2. The summed E-state index contributed by atoms with van der Waals surface area (Å²) in [7, 11) is -1.51. The van der Waals surface area contributed by atoms with Crippen LogP contribution < -0.4 is 10.4 Å². The van der Waals surface area contributed by atoms with Crippen LogP contribution in [0.5, 0.6) is 0 Å². The Balaban J connectivity index is 1.59. The first-order valence-electron chi connectivity index (χ1n) is 11.5. The maximum absolute atomic E-state index is 9.61. The molecule has 0 amide bonds. The normalized spacial score (nSPS) is 11.1. The lowest BCUT2D eigenvalue weighted by Gasteiger charge is -2.28. The fraction of sp³-hybridized carbons (Fsp3) is 0. The topological polar surface area (TPSA) is 56.8 Å². The van der Waals surface area contributed by atoms with Gasteiger partial charge < -0.3 is 19.4 Å². The molecule has 1 aromatic heterocycles. The predicted molar refractivity (Wildman–Crippen MR) is 144 cm³/mol. The summed E-state index contributed by atoms with van der Waals surface area (Å²) in [6.45, 7) is 0. The highest BCUT2D eigenvalue weighted by Crippen LogP contribution is 2.42. The number of hydrogen-bond acceptors (Lipinski definition) is 4. The fourth-order valence-corrected chi connectivity index (χ4v) is 4.61. The first-order valence-corrected chi connectivity index (χ1v) is 11.5. The average Bonchev–Trinajstić information content (AvgIpc) is 3.28. The average molecular weight is 455 g/mol. The van der Waals surface area contributed by atoms with Gasteiger partial charge >= 0.3 is 7.12 Å². The zero-order chi connectivity index (χ0) is 23.8. The Morgan fingerprint density at radius 3 is 2.03 bits per heavy atom. The Morgan fingerprint density at radius 1 is 0.571 bits per heavy atom. The number of furan rings is 1. The van der Waals surface area contributed by atoms with Crippen molar-refractivity contribution in [2.75, 3.05) is 4.90 Å². The summed E-state index contributed by atoms with van der Waals surface area (Å²) in [6.07, 6.45) is 0. The van der Waals surface area contributed by atoms with Crippen molar-refractivity contribution in [1.29, 1.82) is 0 Å². The van der Waals surface area contributed by atoms with Crippen LogP contribution in [0.4, 0.5) is 17.1 Å². The molecule has 6 aromatic rings. The highest BCUT2D eigenvalue weighted by atomic mass is 16.4. The molecule has 0 radical (unpaired) electrons. The van der Waals surface area contributed by atoms with Crippen molar-refractivity contribution in [1.82, 2.24) is 0 Å². The van der Waals surface area contributed by atoms with E-state index in [0.29, 0.717) is 5.46 Å². The van der Waals surface area contributed by atoms with Gasteiger partial charge in [0.2, 0.25) is 0 Å². The molecule has 0 unspecified atom stereocenters. The summed E-state index contributed by atoms with van der Waals surface area (Å²) in [5, 5.41) is 21.3. The maximum atomic E-state index is 9.61. The molecule has 0 aliphatic heterocycles. The van der Waals surface area contributed by atoms with Crippen LogP contribution in [0, 0.1) is 0 Å². The van der Waals surface area contributed by atoms with Crippen molar-refractivity contribution >= 4 is 51.6 Å². The number of hydrogen-bond donors (Lipinski definition) is 2. The third-order valence-electron chi connectivity index (χ3n) is 6.30. The minimum atomic E-state index is -1.51. The van der Waals surface area contributed by atoms with E-state index in [2.05, 4.69) is 47.4 Å². The van der Waals surface area contributed by atoms with Gasteiger partial charge in [0.05, 0.1) is 5.69 Å². The van der Waals surface area contributed by atoms with Gasteiger partial charge in [0.15, 0.2) is 0 Å². The van der Waals surface area contributed by atoms with Crippen LogP contribution in [0.15, 0.2) is 126 Å². The molecule has 0 bridgehead atoms. The van der Waals surface area contributed by atoms with Gasteiger partial charge in [0.1, 0.15) is 11.2 Å². The first-order chi connectivity index (χ1) is 17.2. The lowest BCUT2D eigenvalue weighted by Crippen LogP contribution is -2.29. The molecule has 0 aliphatic rings. The van der Waals surface area contributed by atoms with Gasteiger partial charge in [-0.3, -0.25) is 0 Å². The van der Waals surface area contributed by atoms with Gasteiger partial charge in [-0.25, -0.2) is 0 Å². The van der Waals surface area contributed by atoms with E-state index in [4.69, 9.17) is 4.42 Å². The second-order valence-corrected chi connectivity index (χ2v) is 8.46. The number of fused-ring (bicyclic) bond motifs is 3. The molecule has 0 fully saturated rings. The number of nitrogens with zero attached hydrogens (tertiary/aromatic N) is 1. The van der Waals surface area contributed by atoms with Crippen LogP contribution in [0.3, 0.4) is 0 Å². The minimum Gasteiger partial charge on any atom is -0.456 e. The third kappa shape index (κ3) is 3.87. The van der Waals surface area contributed by atoms with E-state index in [9.17, 15) is 10.0 Å². The molecule has 0 atom stereocenters. The zero-order valence-corrected chi connectivity index (χ0v) is 18.9. The molecule has 168 valence electrons. The number of rotatable bonds is 5. The standard InChI is InChI=1S/C30H22BNO3/c33-31(34)22-14-16-23(17-15-22)32(28-12-6-4-10-25(28)21-8-2-1-3-9-21)24-18-19-30-27(20-24)26-11-5-7-13-29(26)35-30/h1-20,33-34H. The van der Waals surface area contributed by atoms with Gasteiger partial charge in [0, 0.05) is 27.7 Å².